The van der Waals surface area contributed by atoms with Crippen LogP contribution in [0.3, 0.4) is 0 Å². The zero-order valence-electron chi connectivity index (χ0n) is 18.0. The Bertz CT molecular complexity index is 1430. The van der Waals surface area contributed by atoms with Gasteiger partial charge in [-0.05, 0) is 42.0 Å². The van der Waals surface area contributed by atoms with Gasteiger partial charge in [0.25, 0.3) is 0 Å². The van der Waals surface area contributed by atoms with Crippen LogP contribution in [-0.2, 0) is 23.6 Å². The fourth-order valence-electron chi connectivity index (χ4n) is 3.22. The summed E-state index contributed by atoms with van der Waals surface area (Å²) in [4.78, 5) is 5.50. The third kappa shape index (κ3) is 5.36. The largest absolute Gasteiger partial charge is 0.497 e. The maximum absolute atomic E-state index is 13.0. The Balaban J connectivity index is 1.64. The number of ether oxygens (including phenoxy) is 1. The summed E-state index contributed by atoms with van der Waals surface area (Å²) in [6.07, 6.45) is 0. The van der Waals surface area contributed by atoms with Crippen molar-refractivity contribution in [2.75, 3.05) is 7.11 Å². The van der Waals surface area contributed by atoms with Crippen LogP contribution in [0.2, 0.25) is 5.02 Å². The van der Waals surface area contributed by atoms with Crippen molar-refractivity contribution in [3.8, 4) is 17.0 Å². The number of nitrogens with zero attached hydrogens (tertiary/aromatic N) is 2. The van der Waals surface area contributed by atoms with Gasteiger partial charge in [0.15, 0.2) is 4.80 Å². The Labute approximate surface area is 201 Å². The van der Waals surface area contributed by atoms with Gasteiger partial charge in [0.2, 0.25) is 10.0 Å². The van der Waals surface area contributed by atoms with E-state index in [4.69, 9.17) is 16.3 Å². The molecule has 0 unspecified atom stereocenters. The molecule has 4 aromatic rings. The molecule has 0 aliphatic carbocycles. The third-order valence-electron chi connectivity index (χ3n) is 5.05. The standard InChI is InChI=1S/C24H22ClN3O3S2/c1-28-22(16-32-24(28)27-19-9-11-20(31-2)12-10-19)18-8-13-21(25)23(14-18)33(29,30)26-15-17-6-4-3-5-7-17/h3-14,16,26H,15H2,1-2H3. The van der Waals surface area contributed by atoms with Crippen LogP contribution in [0.4, 0.5) is 5.69 Å². The second-order valence-electron chi connectivity index (χ2n) is 7.23. The number of benzene rings is 3. The van der Waals surface area contributed by atoms with E-state index in [0.29, 0.717) is 0 Å². The summed E-state index contributed by atoms with van der Waals surface area (Å²) >= 11 is 7.74. The highest BCUT2D eigenvalue weighted by Gasteiger charge is 2.19. The molecule has 170 valence electrons. The number of halogens is 1. The van der Waals surface area contributed by atoms with Gasteiger partial charge in [-0.3, -0.25) is 0 Å². The molecule has 0 atom stereocenters. The Kier molecular flexibility index (Phi) is 6.99. The molecule has 6 nitrogen and oxygen atoms in total. The van der Waals surface area contributed by atoms with Crippen LogP contribution in [0, 0.1) is 0 Å². The van der Waals surface area contributed by atoms with Crippen molar-refractivity contribution in [2.24, 2.45) is 12.0 Å². The lowest BCUT2D eigenvalue weighted by molar-refractivity contribution is 0.415. The molecule has 9 heteroatoms. The first kappa shape index (κ1) is 23.3. The van der Waals surface area contributed by atoms with Crippen molar-refractivity contribution in [3.05, 3.63) is 93.6 Å². The predicted molar refractivity (Wildman–Crippen MR) is 132 cm³/mol. The van der Waals surface area contributed by atoms with Gasteiger partial charge >= 0.3 is 0 Å². The maximum Gasteiger partial charge on any atom is 0.242 e. The summed E-state index contributed by atoms with van der Waals surface area (Å²) in [5.74, 6) is 0.765. The molecule has 0 bridgehead atoms. The zero-order valence-corrected chi connectivity index (χ0v) is 20.4. The van der Waals surface area contributed by atoms with E-state index in [-0.39, 0.29) is 16.5 Å². The maximum atomic E-state index is 13.0. The first-order chi connectivity index (χ1) is 15.9. The monoisotopic (exact) mass is 499 g/mol. The van der Waals surface area contributed by atoms with Crippen molar-refractivity contribution in [3.63, 3.8) is 0 Å². The molecular weight excluding hydrogens is 478 g/mol. The fraction of sp³-hybridized carbons (Fsp3) is 0.125. The van der Waals surface area contributed by atoms with Gasteiger partial charge < -0.3 is 9.30 Å². The summed E-state index contributed by atoms with van der Waals surface area (Å²) in [5.41, 5.74) is 3.23. The van der Waals surface area contributed by atoms with E-state index in [1.54, 1.807) is 25.3 Å². The molecule has 0 amide bonds. The molecule has 3 aromatic carbocycles. The minimum Gasteiger partial charge on any atom is -0.497 e. The number of hydrogen-bond donors (Lipinski definition) is 1. The molecule has 0 saturated heterocycles. The van der Waals surface area contributed by atoms with E-state index in [0.717, 1.165) is 33.1 Å². The molecule has 4 rings (SSSR count). The van der Waals surface area contributed by atoms with Gasteiger partial charge in [0.05, 0.1) is 23.5 Å². The van der Waals surface area contributed by atoms with Crippen LogP contribution >= 0.6 is 22.9 Å². The minimum atomic E-state index is -3.80. The van der Waals surface area contributed by atoms with Crippen molar-refractivity contribution >= 4 is 38.6 Å². The number of rotatable bonds is 7. The molecular formula is C24H22ClN3O3S2. The number of nitrogens with one attached hydrogen (secondary N) is 1. The molecule has 0 aliphatic rings. The number of sulfonamides is 1. The average molecular weight is 500 g/mol. The molecule has 1 aromatic heterocycles. The topological polar surface area (TPSA) is 72.7 Å². The van der Waals surface area contributed by atoms with Crippen molar-refractivity contribution < 1.29 is 13.2 Å². The zero-order chi connectivity index (χ0) is 23.4. The molecule has 1 heterocycles. The number of methoxy groups -OCH3 is 1. The Morgan fingerprint density at radius 3 is 2.48 bits per heavy atom. The molecule has 0 fully saturated rings. The van der Waals surface area contributed by atoms with Gasteiger partial charge in [0.1, 0.15) is 10.6 Å². The summed E-state index contributed by atoms with van der Waals surface area (Å²) < 4.78 is 35.7. The summed E-state index contributed by atoms with van der Waals surface area (Å²) in [6, 6.07) is 21.8. The molecule has 0 spiro atoms. The van der Waals surface area contributed by atoms with Crippen LogP contribution in [0.1, 0.15) is 5.56 Å². The summed E-state index contributed by atoms with van der Waals surface area (Å²) in [5, 5.41) is 2.11. The van der Waals surface area contributed by atoms with E-state index in [2.05, 4.69) is 9.71 Å². The van der Waals surface area contributed by atoms with E-state index in [1.807, 2.05) is 71.6 Å². The number of hydrogen-bond acceptors (Lipinski definition) is 5. The molecule has 0 aliphatic heterocycles. The van der Waals surface area contributed by atoms with Crippen LogP contribution in [0.25, 0.3) is 11.3 Å². The molecule has 0 radical (unpaired) electrons. The second-order valence-corrected chi connectivity index (χ2v) is 10.2. The molecule has 1 N–H and O–H groups in total. The average Bonchev–Trinajstić information content (AvgIpc) is 3.19. The van der Waals surface area contributed by atoms with Crippen molar-refractivity contribution in [1.29, 1.82) is 0 Å². The summed E-state index contributed by atoms with van der Waals surface area (Å²) in [7, 11) is -0.290. The highest BCUT2D eigenvalue weighted by Crippen LogP contribution is 2.29. The third-order valence-corrected chi connectivity index (χ3v) is 7.85. The first-order valence-electron chi connectivity index (χ1n) is 10.0. The van der Waals surface area contributed by atoms with E-state index in [1.165, 1.54) is 11.3 Å². The lowest BCUT2D eigenvalue weighted by Gasteiger charge is -2.11. The Hall–Kier alpha value is -2.91. The quantitative estimate of drug-likeness (QED) is 0.383. The highest BCUT2D eigenvalue weighted by atomic mass is 35.5. The van der Waals surface area contributed by atoms with Gasteiger partial charge in [-0.2, -0.15) is 0 Å². The minimum absolute atomic E-state index is 0.0393. The lowest BCUT2D eigenvalue weighted by atomic mass is 10.2. The van der Waals surface area contributed by atoms with Gasteiger partial charge in [-0.15, -0.1) is 11.3 Å². The second kappa shape index (κ2) is 9.93. The Morgan fingerprint density at radius 1 is 1.06 bits per heavy atom. The number of thiazole rings is 1. The van der Waals surface area contributed by atoms with Crippen LogP contribution in [-0.4, -0.2) is 20.1 Å². The smallest absolute Gasteiger partial charge is 0.242 e. The van der Waals surface area contributed by atoms with E-state index >= 15 is 0 Å². The normalized spacial score (nSPS) is 12.2. The lowest BCUT2D eigenvalue weighted by Crippen LogP contribution is -2.23. The SMILES string of the molecule is COc1ccc(N=c2scc(-c3ccc(Cl)c(S(=O)(=O)NCc4ccccc4)c3)n2C)cc1. The number of aromatic nitrogens is 1. The van der Waals surface area contributed by atoms with Gasteiger partial charge in [-0.25, -0.2) is 18.1 Å². The van der Waals surface area contributed by atoms with Crippen LogP contribution in [0.5, 0.6) is 5.75 Å². The van der Waals surface area contributed by atoms with Crippen LogP contribution < -0.4 is 14.3 Å². The first-order valence-corrected chi connectivity index (χ1v) is 12.8. The predicted octanol–water partition coefficient (Wildman–Crippen LogP) is 5.13. The van der Waals surface area contributed by atoms with E-state index in [9.17, 15) is 8.42 Å². The summed E-state index contributed by atoms with van der Waals surface area (Å²) in [6.45, 7) is 0.181. The highest BCUT2D eigenvalue weighted by molar-refractivity contribution is 7.89. The van der Waals surface area contributed by atoms with Crippen LogP contribution in [0.15, 0.2) is 88.1 Å². The fourth-order valence-corrected chi connectivity index (χ4v) is 5.69. The van der Waals surface area contributed by atoms with Gasteiger partial charge in [0, 0.05) is 24.5 Å². The van der Waals surface area contributed by atoms with Crippen molar-refractivity contribution in [2.45, 2.75) is 11.4 Å². The van der Waals surface area contributed by atoms with E-state index < -0.39 is 10.0 Å². The van der Waals surface area contributed by atoms with Crippen molar-refractivity contribution in [1.82, 2.24) is 9.29 Å². The molecule has 0 saturated carbocycles. The van der Waals surface area contributed by atoms with Gasteiger partial charge in [-0.1, -0.05) is 48.0 Å². The molecule has 33 heavy (non-hydrogen) atoms. The Morgan fingerprint density at radius 2 is 1.79 bits per heavy atom.